The highest BCUT2D eigenvalue weighted by molar-refractivity contribution is 5.78. The van der Waals surface area contributed by atoms with Crippen molar-refractivity contribution in [1.29, 1.82) is 0 Å². The fraction of sp³-hybridized carbons (Fsp3) is 0.571. The largest absolute Gasteiger partial charge is 0.397 e. The molecule has 2 rings (SSSR count). The number of aromatic nitrogens is 1. The van der Waals surface area contributed by atoms with E-state index >= 15 is 0 Å². The van der Waals surface area contributed by atoms with Crippen molar-refractivity contribution in [2.24, 2.45) is 0 Å². The summed E-state index contributed by atoms with van der Waals surface area (Å²) in [4.78, 5) is 18.3. The molecule has 1 aromatic heterocycles. The molecule has 1 amide bonds. The number of nitrogens with two attached hydrogens (primary N) is 1. The van der Waals surface area contributed by atoms with E-state index in [1.54, 1.807) is 18.3 Å². The van der Waals surface area contributed by atoms with Crippen molar-refractivity contribution in [1.82, 2.24) is 15.2 Å². The number of hydrogen-bond donors (Lipinski definition) is 2. The van der Waals surface area contributed by atoms with E-state index in [0.717, 1.165) is 25.2 Å². The van der Waals surface area contributed by atoms with Gasteiger partial charge >= 0.3 is 0 Å². The Hall–Kier alpha value is -1.62. The number of hydrogen-bond acceptors (Lipinski definition) is 4. The second-order valence-corrected chi connectivity index (χ2v) is 5.19. The summed E-state index contributed by atoms with van der Waals surface area (Å²) in [6.45, 7) is 1.85. The maximum Gasteiger partial charge on any atom is 0.226 e. The van der Waals surface area contributed by atoms with Crippen LogP contribution >= 0.6 is 0 Å². The quantitative estimate of drug-likeness (QED) is 0.842. The fourth-order valence-electron chi connectivity index (χ4n) is 2.40. The predicted molar refractivity (Wildman–Crippen MR) is 75.6 cm³/mol. The van der Waals surface area contributed by atoms with Crippen molar-refractivity contribution >= 4 is 11.6 Å². The van der Waals surface area contributed by atoms with Crippen LogP contribution in [-0.4, -0.2) is 42.0 Å². The second kappa shape index (κ2) is 6.52. The van der Waals surface area contributed by atoms with Gasteiger partial charge in [0.15, 0.2) is 0 Å². The van der Waals surface area contributed by atoms with Gasteiger partial charge in [-0.3, -0.25) is 9.78 Å². The van der Waals surface area contributed by atoms with Crippen molar-refractivity contribution in [3.63, 3.8) is 0 Å². The molecular weight excluding hydrogens is 240 g/mol. The smallest absolute Gasteiger partial charge is 0.226 e. The first kappa shape index (κ1) is 13.8. The first-order valence-electron chi connectivity index (χ1n) is 6.82. The Labute approximate surface area is 114 Å². The molecule has 0 aliphatic carbocycles. The molecule has 1 fully saturated rings. The van der Waals surface area contributed by atoms with Gasteiger partial charge in [0.05, 0.1) is 18.3 Å². The zero-order valence-corrected chi connectivity index (χ0v) is 11.4. The van der Waals surface area contributed by atoms with E-state index in [4.69, 9.17) is 5.73 Å². The number of nitrogen functional groups attached to an aromatic ring is 1. The van der Waals surface area contributed by atoms with E-state index in [1.165, 1.54) is 12.8 Å². The van der Waals surface area contributed by atoms with E-state index in [2.05, 4.69) is 22.2 Å². The molecule has 1 unspecified atom stereocenters. The van der Waals surface area contributed by atoms with Crippen LogP contribution in [0.5, 0.6) is 0 Å². The van der Waals surface area contributed by atoms with Crippen molar-refractivity contribution in [2.45, 2.75) is 31.7 Å². The molecule has 0 bridgehead atoms. The van der Waals surface area contributed by atoms with Crippen molar-refractivity contribution in [3.8, 4) is 0 Å². The van der Waals surface area contributed by atoms with Gasteiger partial charge in [-0.05, 0) is 38.6 Å². The third kappa shape index (κ3) is 4.21. The number of pyridine rings is 1. The number of rotatable bonds is 4. The zero-order chi connectivity index (χ0) is 13.7. The molecular formula is C14H22N4O. The summed E-state index contributed by atoms with van der Waals surface area (Å²) >= 11 is 0. The van der Waals surface area contributed by atoms with Gasteiger partial charge in [-0.1, -0.05) is 6.42 Å². The average molecular weight is 262 g/mol. The highest BCUT2D eigenvalue weighted by Gasteiger charge is 2.19. The fourth-order valence-corrected chi connectivity index (χ4v) is 2.40. The molecule has 3 N–H and O–H groups in total. The van der Waals surface area contributed by atoms with E-state index in [9.17, 15) is 4.79 Å². The van der Waals surface area contributed by atoms with Gasteiger partial charge in [-0.15, -0.1) is 0 Å². The number of carbonyl (C=O) groups excluding carboxylic acids is 1. The van der Waals surface area contributed by atoms with Gasteiger partial charge in [-0.25, -0.2) is 0 Å². The van der Waals surface area contributed by atoms with Crippen LogP contribution in [0.15, 0.2) is 18.3 Å². The molecule has 104 valence electrons. The second-order valence-electron chi connectivity index (χ2n) is 5.19. The normalized spacial score (nSPS) is 20.2. The zero-order valence-electron chi connectivity index (χ0n) is 11.4. The molecule has 1 aliphatic rings. The SMILES string of the molecule is CN1CCCCC1CNC(=O)Cc1ccc(N)cn1. The van der Waals surface area contributed by atoms with Crippen LogP contribution in [0.4, 0.5) is 5.69 Å². The third-order valence-corrected chi connectivity index (χ3v) is 3.65. The Morgan fingerprint density at radius 1 is 1.53 bits per heavy atom. The Balaban J connectivity index is 1.76. The Kier molecular flexibility index (Phi) is 4.74. The van der Waals surface area contributed by atoms with Gasteiger partial charge < -0.3 is 16.0 Å². The van der Waals surface area contributed by atoms with Crippen LogP contribution in [0.2, 0.25) is 0 Å². The van der Waals surface area contributed by atoms with Crippen molar-refractivity contribution in [2.75, 3.05) is 25.9 Å². The van der Waals surface area contributed by atoms with Gasteiger partial charge in [0.2, 0.25) is 5.91 Å². The molecule has 0 saturated carbocycles. The van der Waals surface area contributed by atoms with Crippen LogP contribution in [0.1, 0.15) is 25.0 Å². The number of likely N-dealkylation sites (N-methyl/N-ethyl adjacent to an activating group) is 1. The number of likely N-dealkylation sites (tertiary alicyclic amines) is 1. The first-order chi connectivity index (χ1) is 9.15. The average Bonchev–Trinajstić information content (AvgIpc) is 2.40. The molecule has 19 heavy (non-hydrogen) atoms. The Morgan fingerprint density at radius 2 is 2.37 bits per heavy atom. The minimum absolute atomic E-state index is 0.0243. The Morgan fingerprint density at radius 3 is 3.05 bits per heavy atom. The molecule has 0 radical (unpaired) electrons. The molecule has 0 spiro atoms. The van der Waals surface area contributed by atoms with Crippen molar-refractivity contribution in [3.05, 3.63) is 24.0 Å². The van der Waals surface area contributed by atoms with Crippen LogP contribution in [0.25, 0.3) is 0 Å². The lowest BCUT2D eigenvalue weighted by Crippen LogP contribution is -2.44. The molecule has 1 aromatic rings. The number of piperidine rings is 1. The summed E-state index contributed by atoms with van der Waals surface area (Å²) in [5.74, 6) is 0.0243. The minimum atomic E-state index is 0.0243. The maximum absolute atomic E-state index is 11.8. The van der Waals surface area contributed by atoms with Crippen molar-refractivity contribution < 1.29 is 4.79 Å². The van der Waals surface area contributed by atoms with Crippen LogP contribution in [0.3, 0.4) is 0 Å². The molecule has 1 atom stereocenters. The number of carbonyl (C=O) groups is 1. The number of nitrogens with one attached hydrogen (secondary N) is 1. The standard InChI is InChI=1S/C14H22N4O/c1-18-7-3-2-4-13(18)10-17-14(19)8-12-6-5-11(15)9-16-12/h5-6,9,13H,2-4,7-8,10,15H2,1H3,(H,17,19). The van der Waals surface area contributed by atoms with E-state index in [1.807, 2.05) is 0 Å². The summed E-state index contributed by atoms with van der Waals surface area (Å²) in [6.07, 6.45) is 5.58. The summed E-state index contributed by atoms with van der Waals surface area (Å²) in [5.41, 5.74) is 6.93. The molecule has 1 aliphatic heterocycles. The topological polar surface area (TPSA) is 71.2 Å². The number of nitrogens with zero attached hydrogens (tertiary/aromatic N) is 2. The highest BCUT2D eigenvalue weighted by atomic mass is 16.1. The predicted octanol–water partition coefficient (Wildman–Crippen LogP) is 0.807. The van der Waals surface area contributed by atoms with Crippen LogP contribution in [0, 0.1) is 0 Å². The summed E-state index contributed by atoms with van der Waals surface area (Å²) in [6, 6.07) is 4.03. The van der Waals surface area contributed by atoms with Gasteiger partial charge in [0.25, 0.3) is 0 Å². The lowest BCUT2D eigenvalue weighted by atomic mass is 10.0. The highest BCUT2D eigenvalue weighted by Crippen LogP contribution is 2.14. The van der Waals surface area contributed by atoms with E-state index < -0.39 is 0 Å². The minimum Gasteiger partial charge on any atom is -0.397 e. The first-order valence-corrected chi connectivity index (χ1v) is 6.82. The lowest BCUT2D eigenvalue weighted by Gasteiger charge is -2.32. The van der Waals surface area contributed by atoms with Crippen LogP contribution < -0.4 is 11.1 Å². The van der Waals surface area contributed by atoms with E-state index in [0.29, 0.717) is 18.2 Å². The maximum atomic E-state index is 11.8. The van der Waals surface area contributed by atoms with Gasteiger partial charge in [0, 0.05) is 18.3 Å². The lowest BCUT2D eigenvalue weighted by molar-refractivity contribution is -0.120. The monoisotopic (exact) mass is 262 g/mol. The number of anilines is 1. The number of amides is 1. The molecule has 2 heterocycles. The summed E-state index contributed by atoms with van der Waals surface area (Å²) < 4.78 is 0. The molecule has 0 aromatic carbocycles. The summed E-state index contributed by atoms with van der Waals surface area (Å²) in [5, 5.41) is 2.99. The van der Waals surface area contributed by atoms with Crippen LogP contribution in [-0.2, 0) is 11.2 Å². The Bertz CT molecular complexity index is 418. The summed E-state index contributed by atoms with van der Waals surface area (Å²) in [7, 11) is 2.12. The van der Waals surface area contributed by atoms with Gasteiger partial charge in [0.1, 0.15) is 0 Å². The molecule has 5 nitrogen and oxygen atoms in total. The molecule has 1 saturated heterocycles. The molecule has 5 heteroatoms. The van der Waals surface area contributed by atoms with E-state index in [-0.39, 0.29) is 5.91 Å². The van der Waals surface area contributed by atoms with Gasteiger partial charge in [-0.2, -0.15) is 0 Å². The third-order valence-electron chi connectivity index (χ3n) is 3.65.